The van der Waals surface area contributed by atoms with Crippen LogP contribution in [0.3, 0.4) is 0 Å². The van der Waals surface area contributed by atoms with Gasteiger partial charge >= 0.3 is 0 Å². The SMILES string of the molecule is CC1(C)O[C@@H]2[C@H](O1)[C@@H](C=Cc1ccc(F)cc1)O[C@H]2n1c(NC2CCOC2)nc2cncnc21. The standard InChI is InChI=1S/C24H26FN5O4/c1-24(2)33-19-18(8-5-14-3-6-15(25)7-4-14)32-22(20(19)34-24)30-21-17(11-26-13-27-21)29-23(30)28-16-9-10-31-12-16/h3-8,11,13,16,18-20,22H,9-10,12H2,1-2H3,(H,28,29)/t16?,18-,19-,20-,22-/m1/s1. The van der Waals surface area contributed by atoms with E-state index in [9.17, 15) is 4.39 Å². The van der Waals surface area contributed by atoms with Crippen molar-refractivity contribution >= 4 is 23.2 Å². The molecule has 34 heavy (non-hydrogen) atoms. The van der Waals surface area contributed by atoms with Gasteiger partial charge in [-0.1, -0.05) is 24.3 Å². The molecule has 1 aromatic carbocycles. The summed E-state index contributed by atoms with van der Waals surface area (Å²) in [7, 11) is 0. The van der Waals surface area contributed by atoms with E-state index in [2.05, 4.69) is 15.3 Å². The number of hydrogen-bond acceptors (Lipinski definition) is 8. The second kappa shape index (κ2) is 8.38. The van der Waals surface area contributed by atoms with E-state index in [1.807, 2.05) is 30.6 Å². The number of ether oxygens (including phenoxy) is 4. The highest BCUT2D eigenvalue weighted by Gasteiger charge is 2.56. The second-order valence-corrected chi connectivity index (χ2v) is 9.21. The lowest BCUT2D eigenvalue weighted by atomic mass is 10.1. The molecule has 5 heterocycles. The summed E-state index contributed by atoms with van der Waals surface area (Å²) in [6.45, 7) is 5.12. The molecule has 0 aliphatic carbocycles. The number of anilines is 1. The van der Waals surface area contributed by atoms with Gasteiger partial charge in [0.25, 0.3) is 0 Å². The average molecular weight is 468 g/mol. The van der Waals surface area contributed by atoms with Crippen LogP contribution in [-0.2, 0) is 18.9 Å². The Balaban J connectivity index is 1.36. The van der Waals surface area contributed by atoms with Crippen molar-refractivity contribution in [1.29, 1.82) is 0 Å². The van der Waals surface area contributed by atoms with Crippen molar-refractivity contribution in [2.75, 3.05) is 18.5 Å². The number of nitrogens with one attached hydrogen (secondary N) is 1. The van der Waals surface area contributed by atoms with Gasteiger partial charge in [-0.2, -0.15) is 0 Å². The van der Waals surface area contributed by atoms with Gasteiger partial charge < -0.3 is 24.3 Å². The number of fused-ring (bicyclic) bond motifs is 2. The zero-order valence-corrected chi connectivity index (χ0v) is 18.9. The summed E-state index contributed by atoms with van der Waals surface area (Å²) >= 11 is 0. The Morgan fingerprint density at radius 2 is 2.00 bits per heavy atom. The maximum atomic E-state index is 13.3. The van der Waals surface area contributed by atoms with Crippen molar-refractivity contribution in [2.45, 2.75) is 56.6 Å². The third-order valence-electron chi connectivity index (χ3n) is 6.29. The molecule has 3 saturated heterocycles. The minimum Gasteiger partial charge on any atom is -0.379 e. The number of imidazole rings is 1. The summed E-state index contributed by atoms with van der Waals surface area (Å²) in [6.07, 6.45) is 6.28. The van der Waals surface area contributed by atoms with E-state index in [1.165, 1.54) is 18.5 Å². The monoisotopic (exact) mass is 467 g/mol. The van der Waals surface area contributed by atoms with Crippen LogP contribution in [0.25, 0.3) is 17.2 Å². The molecule has 0 saturated carbocycles. The topological polar surface area (TPSA) is 92.6 Å². The quantitative estimate of drug-likeness (QED) is 0.611. The van der Waals surface area contributed by atoms with Crippen LogP contribution >= 0.6 is 0 Å². The minimum absolute atomic E-state index is 0.145. The predicted molar refractivity (Wildman–Crippen MR) is 121 cm³/mol. The number of rotatable bonds is 5. The van der Waals surface area contributed by atoms with Gasteiger partial charge in [0, 0.05) is 6.61 Å². The normalized spacial score (nSPS) is 30.4. The van der Waals surface area contributed by atoms with Crippen molar-refractivity contribution in [3.8, 4) is 0 Å². The minimum atomic E-state index is -0.766. The first-order valence-electron chi connectivity index (χ1n) is 11.4. The molecule has 3 fully saturated rings. The largest absolute Gasteiger partial charge is 0.379 e. The molecule has 3 aliphatic heterocycles. The van der Waals surface area contributed by atoms with E-state index in [1.54, 1.807) is 18.3 Å². The second-order valence-electron chi connectivity index (χ2n) is 9.21. The lowest BCUT2D eigenvalue weighted by molar-refractivity contribution is -0.190. The van der Waals surface area contributed by atoms with E-state index >= 15 is 0 Å². The van der Waals surface area contributed by atoms with Crippen LogP contribution in [0.2, 0.25) is 0 Å². The van der Waals surface area contributed by atoms with Crippen LogP contribution < -0.4 is 5.32 Å². The van der Waals surface area contributed by atoms with Crippen molar-refractivity contribution in [3.05, 3.63) is 54.2 Å². The van der Waals surface area contributed by atoms with E-state index < -0.39 is 12.0 Å². The molecule has 5 atom stereocenters. The fraction of sp³-hybridized carbons (Fsp3) is 0.458. The first-order chi connectivity index (χ1) is 16.5. The van der Waals surface area contributed by atoms with Crippen molar-refractivity contribution in [2.24, 2.45) is 0 Å². The van der Waals surface area contributed by atoms with Gasteiger partial charge in [-0.15, -0.1) is 0 Å². The first kappa shape index (κ1) is 21.6. The summed E-state index contributed by atoms with van der Waals surface area (Å²) < 4.78 is 39.8. The summed E-state index contributed by atoms with van der Waals surface area (Å²) in [5.74, 6) is -0.408. The van der Waals surface area contributed by atoms with Gasteiger partial charge in [-0.25, -0.2) is 19.3 Å². The average Bonchev–Trinajstić information content (AvgIpc) is 3.57. The highest BCUT2D eigenvalue weighted by Crippen LogP contribution is 2.45. The molecule has 3 aliphatic rings. The summed E-state index contributed by atoms with van der Waals surface area (Å²) in [5, 5.41) is 3.48. The molecule has 3 aromatic rings. The van der Waals surface area contributed by atoms with Gasteiger partial charge in [0.05, 0.1) is 18.8 Å². The van der Waals surface area contributed by atoms with Gasteiger partial charge in [0.1, 0.15) is 36.0 Å². The number of halogens is 1. The molecule has 1 unspecified atom stereocenters. The van der Waals surface area contributed by atoms with Crippen LogP contribution in [0.1, 0.15) is 32.1 Å². The van der Waals surface area contributed by atoms with Crippen LogP contribution in [0.4, 0.5) is 10.3 Å². The zero-order chi connectivity index (χ0) is 23.3. The summed E-state index contributed by atoms with van der Waals surface area (Å²) in [6, 6.07) is 6.45. The maximum absolute atomic E-state index is 13.3. The molecule has 0 bridgehead atoms. The number of aromatic nitrogens is 4. The first-order valence-corrected chi connectivity index (χ1v) is 11.4. The Morgan fingerprint density at radius 1 is 1.18 bits per heavy atom. The highest BCUT2D eigenvalue weighted by atomic mass is 19.1. The van der Waals surface area contributed by atoms with E-state index in [-0.39, 0.29) is 30.2 Å². The van der Waals surface area contributed by atoms with Crippen molar-refractivity contribution < 1.29 is 23.3 Å². The number of hydrogen-bond donors (Lipinski definition) is 1. The molecule has 0 amide bonds. The van der Waals surface area contributed by atoms with E-state index in [4.69, 9.17) is 23.9 Å². The summed E-state index contributed by atoms with van der Waals surface area (Å²) in [5.41, 5.74) is 2.18. The van der Waals surface area contributed by atoms with Crippen molar-refractivity contribution in [1.82, 2.24) is 19.5 Å². The molecular weight excluding hydrogens is 441 g/mol. The molecule has 178 valence electrons. The molecule has 10 heteroatoms. The fourth-order valence-electron chi connectivity index (χ4n) is 4.77. The van der Waals surface area contributed by atoms with Gasteiger partial charge in [-0.05, 0) is 38.0 Å². The fourth-order valence-corrected chi connectivity index (χ4v) is 4.77. The smallest absolute Gasteiger partial charge is 0.207 e. The van der Waals surface area contributed by atoms with E-state index in [0.29, 0.717) is 30.3 Å². The number of nitrogens with zero attached hydrogens (tertiary/aromatic N) is 4. The molecule has 0 radical (unpaired) electrons. The molecule has 2 aromatic heterocycles. The predicted octanol–water partition coefficient (Wildman–Crippen LogP) is 3.30. The molecular formula is C24H26FN5O4. The van der Waals surface area contributed by atoms with Crippen LogP contribution in [0, 0.1) is 5.82 Å². The number of benzene rings is 1. The van der Waals surface area contributed by atoms with Gasteiger partial charge in [0.2, 0.25) is 5.95 Å². The summed E-state index contributed by atoms with van der Waals surface area (Å²) in [4.78, 5) is 13.4. The Morgan fingerprint density at radius 3 is 2.79 bits per heavy atom. The zero-order valence-electron chi connectivity index (χ0n) is 18.9. The Bertz CT molecular complexity index is 1210. The third-order valence-corrected chi connectivity index (χ3v) is 6.29. The molecule has 6 rings (SSSR count). The van der Waals surface area contributed by atoms with Crippen molar-refractivity contribution in [3.63, 3.8) is 0 Å². The van der Waals surface area contributed by atoms with Crippen LogP contribution in [-0.4, -0.2) is 62.9 Å². The van der Waals surface area contributed by atoms with Gasteiger partial charge in [0.15, 0.2) is 17.7 Å². The van der Waals surface area contributed by atoms with Crippen LogP contribution in [0.5, 0.6) is 0 Å². The molecule has 9 nitrogen and oxygen atoms in total. The molecule has 1 N–H and O–H groups in total. The highest BCUT2D eigenvalue weighted by molar-refractivity contribution is 5.73. The maximum Gasteiger partial charge on any atom is 0.207 e. The van der Waals surface area contributed by atoms with E-state index in [0.717, 1.165) is 12.0 Å². The molecule has 0 spiro atoms. The Kier molecular flexibility index (Phi) is 5.33. The lowest BCUT2D eigenvalue weighted by Crippen LogP contribution is -2.30. The van der Waals surface area contributed by atoms with Gasteiger partial charge in [-0.3, -0.25) is 4.57 Å². The third kappa shape index (κ3) is 3.96. The Labute approximate surface area is 195 Å². The Hall–Kier alpha value is -2.92. The van der Waals surface area contributed by atoms with Crippen LogP contribution in [0.15, 0.2) is 42.9 Å². The lowest BCUT2D eigenvalue weighted by Gasteiger charge is -2.25.